The van der Waals surface area contributed by atoms with E-state index in [2.05, 4.69) is 5.10 Å². The van der Waals surface area contributed by atoms with Crippen molar-refractivity contribution in [3.63, 3.8) is 0 Å². The lowest BCUT2D eigenvalue weighted by atomic mass is 9.82. The molecule has 114 valence electrons. The topological polar surface area (TPSA) is 76.8 Å². The summed E-state index contributed by atoms with van der Waals surface area (Å²) in [6.07, 6.45) is 2.72. The summed E-state index contributed by atoms with van der Waals surface area (Å²) >= 11 is 0. The molecule has 0 spiro atoms. The Bertz CT molecular complexity index is 550. The zero-order valence-corrected chi connectivity index (χ0v) is 12.7. The van der Waals surface area contributed by atoms with Crippen molar-refractivity contribution in [3.05, 3.63) is 12.4 Å². The zero-order valence-electron chi connectivity index (χ0n) is 12.7. The Morgan fingerprint density at radius 2 is 1.90 bits per heavy atom. The quantitative estimate of drug-likeness (QED) is 0.813. The molecule has 2 saturated heterocycles. The smallest absolute Gasteiger partial charge is 0.465 e. The molecular weight excluding hydrogens is 273 g/mol. The number of carboxylic acid groups (broad SMARTS) is 1. The van der Waals surface area contributed by atoms with E-state index in [4.69, 9.17) is 14.4 Å². The lowest BCUT2D eigenvalue weighted by Crippen LogP contribution is -2.50. The highest BCUT2D eigenvalue weighted by molar-refractivity contribution is 6.62. The Kier molecular flexibility index (Phi) is 3.07. The van der Waals surface area contributed by atoms with Crippen LogP contribution in [0.25, 0.3) is 0 Å². The van der Waals surface area contributed by atoms with Crippen LogP contribution in [-0.2, 0) is 9.31 Å². The predicted molar refractivity (Wildman–Crippen MR) is 76.6 cm³/mol. The largest absolute Gasteiger partial charge is 0.498 e. The zero-order chi connectivity index (χ0) is 15.4. The molecule has 7 nitrogen and oxygen atoms in total. The van der Waals surface area contributed by atoms with Gasteiger partial charge < -0.3 is 19.3 Å². The van der Waals surface area contributed by atoms with Crippen molar-refractivity contribution < 1.29 is 19.2 Å². The van der Waals surface area contributed by atoms with Gasteiger partial charge in [0.2, 0.25) is 0 Å². The summed E-state index contributed by atoms with van der Waals surface area (Å²) in [5, 5.41) is 13.2. The molecule has 1 aromatic heterocycles. The van der Waals surface area contributed by atoms with Crippen LogP contribution in [0.15, 0.2) is 12.4 Å². The minimum absolute atomic E-state index is 0.0947. The van der Waals surface area contributed by atoms with Crippen LogP contribution in [0.2, 0.25) is 0 Å². The van der Waals surface area contributed by atoms with Crippen molar-refractivity contribution in [2.75, 3.05) is 13.1 Å². The highest BCUT2D eigenvalue weighted by Gasteiger charge is 2.52. The SMILES string of the molecule is CC1(C)OB(c2cnn(C3CN(C(=O)O)C3)c2)OC1(C)C. The number of aromatic nitrogens is 2. The van der Waals surface area contributed by atoms with Gasteiger partial charge in [-0.1, -0.05) is 0 Å². The number of carbonyl (C=O) groups is 1. The van der Waals surface area contributed by atoms with Gasteiger partial charge in [0.25, 0.3) is 0 Å². The molecule has 0 aromatic carbocycles. The summed E-state index contributed by atoms with van der Waals surface area (Å²) in [6, 6.07) is 0.0947. The van der Waals surface area contributed by atoms with Crippen LogP contribution >= 0.6 is 0 Å². The van der Waals surface area contributed by atoms with E-state index in [0.29, 0.717) is 13.1 Å². The minimum Gasteiger partial charge on any atom is -0.465 e. The number of hydrogen-bond donors (Lipinski definition) is 1. The van der Waals surface area contributed by atoms with Gasteiger partial charge in [-0.15, -0.1) is 0 Å². The van der Waals surface area contributed by atoms with Gasteiger partial charge in [0.05, 0.1) is 17.2 Å². The van der Waals surface area contributed by atoms with Crippen molar-refractivity contribution in [1.82, 2.24) is 14.7 Å². The number of hydrogen-bond acceptors (Lipinski definition) is 4. The van der Waals surface area contributed by atoms with Crippen LogP contribution in [0.3, 0.4) is 0 Å². The molecule has 1 N–H and O–H groups in total. The maximum atomic E-state index is 10.8. The normalized spacial score (nSPS) is 24.2. The molecule has 0 radical (unpaired) electrons. The molecule has 8 heteroatoms. The second-order valence-corrected chi connectivity index (χ2v) is 6.68. The Morgan fingerprint density at radius 1 is 1.33 bits per heavy atom. The number of nitrogens with zero attached hydrogens (tertiary/aromatic N) is 3. The molecule has 2 aliphatic heterocycles. The summed E-state index contributed by atoms with van der Waals surface area (Å²) in [6.45, 7) is 8.98. The standard InChI is InChI=1S/C13H20BN3O4/c1-12(2)13(3,4)21-14(20-12)9-5-15-17(6-9)10-7-16(8-10)11(18)19/h5-6,10H,7-8H2,1-4H3,(H,18,19). The molecule has 0 saturated carbocycles. The Labute approximate surface area is 124 Å². The predicted octanol–water partition coefficient (Wildman–Crippen LogP) is 0.717. The average molecular weight is 293 g/mol. The van der Waals surface area contributed by atoms with E-state index in [0.717, 1.165) is 5.46 Å². The van der Waals surface area contributed by atoms with Crippen LogP contribution in [-0.4, -0.2) is 57.3 Å². The van der Waals surface area contributed by atoms with Crippen molar-refractivity contribution in [2.45, 2.75) is 44.9 Å². The Morgan fingerprint density at radius 3 is 2.43 bits per heavy atom. The van der Waals surface area contributed by atoms with E-state index in [1.165, 1.54) is 4.90 Å². The van der Waals surface area contributed by atoms with Gasteiger partial charge in [-0.05, 0) is 27.7 Å². The van der Waals surface area contributed by atoms with Gasteiger partial charge in [-0.2, -0.15) is 5.10 Å². The van der Waals surface area contributed by atoms with Crippen LogP contribution in [0, 0.1) is 0 Å². The van der Waals surface area contributed by atoms with Crippen molar-refractivity contribution in [1.29, 1.82) is 0 Å². The summed E-state index contributed by atoms with van der Waals surface area (Å²) in [4.78, 5) is 12.1. The molecule has 3 rings (SSSR count). The van der Waals surface area contributed by atoms with Gasteiger partial charge in [-0.25, -0.2) is 4.79 Å². The number of likely N-dealkylation sites (tertiary alicyclic amines) is 1. The van der Waals surface area contributed by atoms with Crippen molar-refractivity contribution >= 4 is 18.7 Å². The van der Waals surface area contributed by atoms with Crippen molar-refractivity contribution in [2.24, 2.45) is 0 Å². The molecule has 0 bridgehead atoms. The number of amides is 1. The highest BCUT2D eigenvalue weighted by atomic mass is 16.7. The summed E-state index contributed by atoms with van der Waals surface area (Å²) < 4.78 is 13.7. The second-order valence-electron chi connectivity index (χ2n) is 6.68. The Hall–Kier alpha value is -1.54. The summed E-state index contributed by atoms with van der Waals surface area (Å²) in [5.74, 6) is 0. The van der Waals surface area contributed by atoms with E-state index in [-0.39, 0.29) is 17.2 Å². The molecular formula is C13H20BN3O4. The van der Waals surface area contributed by atoms with Crippen molar-refractivity contribution in [3.8, 4) is 0 Å². The molecule has 2 fully saturated rings. The molecule has 0 aliphatic carbocycles. The molecule has 0 atom stereocenters. The molecule has 0 unspecified atom stereocenters. The fourth-order valence-corrected chi connectivity index (χ4v) is 2.43. The summed E-state index contributed by atoms with van der Waals surface area (Å²) in [5.41, 5.74) is 0.106. The first-order chi connectivity index (χ1) is 9.69. The van der Waals surface area contributed by atoms with Crippen LogP contribution in [0.1, 0.15) is 33.7 Å². The van der Waals surface area contributed by atoms with Crippen LogP contribution < -0.4 is 5.46 Å². The lowest BCUT2D eigenvalue weighted by molar-refractivity contribution is 0.00578. The van der Waals surface area contributed by atoms with Gasteiger partial charge in [0.1, 0.15) is 0 Å². The third kappa shape index (κ3) is 2.32. The molecule has 1 amide bonds. The maximum Gasteiger partial charge on any atom is 0.498 e. The van der Waals surface area contributed by atoms with Gasteiger partial charge in [0, 0.05) is 30.9 Å². The fourth-order valence-electron chi connectivity index (χ4n) is 2.43. The van der Waals surface area contributed by atoms with Crippen LogP contribution in [0.5, 0.6) is 0 Å². The molecule has 2 aliphatic rings. The highest BCUT2D eigenvalue weighted by Crippen LogP contribution is 2.36. The minimum atomic E-state index is -0.885. The van der Waals surface area contributed by atoms with E-state index in [9.17, 15) is 4.79 Å². The van der Waals surface area contributed by atoms with E-state index in [1.807, 2.05) is 33.9 Å². The second kappa shape index (κ2) is 4.48. The third-order valence-corrected chi connectivity index (χ3v) is 4.65. The van der Waals surface area contributed by atoms with E-state index < -0.39 is 13.2 Å². The first-order valence-corrected chi connectivity index (χ1v) is 7.07. The fraction of sp³-hybridized carbons (Fsp3) is 0.692. The van der Waals surface area contributed by atoms with Gasteiger partial charge in [0.15, 0.2) is 0 Å². The molecule has 21 heavy (non-hydrogen) atoms. The molecule has 1 aromatic rings. The summed E-state index contributed by atoms with van der Waals surface area (Å²) in [7, 11) is -0.431. The Balaban J connectivity index is 1.68. The van der Waals surface area contributed by atoms with Gasteiger partial charge in [-0.3, -0.25) is 4.68 Å². The maximum absolute atomic E-state index is 10.8. The van der Waals surface area contributed by atoms with Gasteiger partial charge >= 0.3 is 13.2 Å². The monoisotopic (exact) mass is 293 g/mol. The van der Waals surface area contributed by atoms with Crippen LogP contribution in [0.4, 0.5) is 4.79 Å². The third-order valence-electron chi connectivity index (χ3n) is 4.65. The van der Waals surface area contributed by atoms with E-state index >= 15 is 0 Å². The first-order valence-electron chi connectivity index (χ1n) is 7.07. The average Bonchev–Trinajstić information content (AvgIpc) is 2.80. The first kappa shape index (κ1) is 14.4. The molecule has 3 heterocycles. The van der Waals surface area contributed by atoms with E-state index in [1.54, 1.807) is 10.9 Å². The number of rotatable bonds is 2. The lowest BCUT2D eigenvalue weighted by Gasteiger charge is -2.36.